The molecule has 2 aliphatic rings. The van der Waals surface area contributed by atoms with Crippen LogP contribution in [0.15, 0.2) is 10.5 Å². The molecule has 4 heterocycles. The van der Waals surface area contributed by atoms with Crippen LogP contribution in [0.3, 0.4) is 0 Å². The number of aliphatic hydroxyl groups is 1. The maximum atomic E-state index is 13.7. The quantitative estimate of drug-likeness (QED) is 0.584. The van der Waals surface area contributed by atoms with Crippen LogP contribution >= 0.6 is 0 Å². The van der Waals surface area contributed by atoms with Gasteiger partial charge in [-0.05, 0) is 38.2 Å². The first kappa shape index (κ1) is 21.7. The van der Waals surface area contributed by atoms with Crippen molar-refractivity contribution in [2.45, 2.75) is 62.5 Å². The zero-order chi connectivity index (χ0) is 22.6. The van der Waals surface area contributed by atoms with Gasteiger partial charge in [0.15, 0.2) is 5.69 Å². The summed E-state index contributed by atoms with van der Waals surface area (Å²) in [4.78, 5) is 5.53. The fourth-order valence-corrected chi connectivity index (χ4v) is 4.15. The lowest BCUT2D eigenvalue weighted by molar-refractivity contribution is -0.277. The van der Waals surface area contributed by atoms with Gasteiger partial charge in [0.05, 0.1) is 5.69 Å². The second kappa shape index (κ2) is 7.24. The number of rotatable bonds is 0. The van der Waals surface area contributed by atoms with Crippen LogP contribution in [0.4, 0.5) is 37.8 Å². The zero-order valence-corrected chi connectivity index (χ0v) is 16.1. The predicted molar refractivity (Wildman–Crippen MR) is 95.7 cm³/mol. The number of aromatic nitrogens is 3. The van der Waals surface area contributed by atoms with Crippen LogP contribution in [0.2, 0.25) is 0 Å². The van der Waals surface area contributed by atoms with E-state index >= 15 is 0 Å². The number of nitrogens with two attached hydrogens (primary N) is 1. The molecule has 4 bridgehead atoms. The lowest BCUT2D eigenvalue weighted by atomic mass is 9.94. The Kier molecular flexibility index (Phi) is 5.06. The number of fused-ring (bicyclic) bond motifs is 7. The molecule has 7 nitrogen and oxygen atoms in total. The van der Waals surface area contributed by atoms with E-state index < -0.39 is 47.4 Å². The summed E-state index contributed by atoms with van der Waals surface area (Å²) in [5.41, 5.74) is 0.473. The van der Waals surface area contributed by atoms with E-state index in [0.29, 0.717) is 31.9 Å². The van der Waals surface area contributed by atoms with E-state index in [2.05, 4.69) is 15.2 Å². The largest absolute Gasteiger partial charge is 0.426 e. The van der Waals surface area contributed by atoms with Gasteiger partial charge in [-0.2, -0.15) is 26.3 Å². The first-order valence-corrected chi connectivity index (χ1v) is 9.69. The summed E-state index contributed by atoms with van der Waals surface area (Å²) >= 11 is 0. The third-order valence-electron chi connectivity index (χ3n) is 5.76. The minimum absolute atomic E-state index is 0.0443. The van der Waals surface area contributed by atoms with Crippen LogP contribution in [0.25, 0.3) is 11.6 Å². The fourth-order valence-electron chi connectivity index (χ4n) is 4.15. The van der Waals surface area contributed by atoms with Crippen LogP contribution in [0.5, 0.6) is 0 Å². The molecule has 0 aromatic carbocycles. The molecule has 0 spiro atoms. The first-order chi connectivity index (χ1) is 14.4. The highest BCUT2D eigenvalue weighted by molar-refractivity contribution is 5.71. The lowest BCUT2D eigenvalue weighted by Crippen LogP contribution is -2.42. The standard InChI is InChI=1S/C18H19F6N5O2/c19-17(20,21)10-8-11(25)12-14-27-28-15(31-14)16(30,18(22,23)24)6-2-1-4-9-5-3-7-29(9)13(10)26-12/h8-9,30H,1-7,25H2. The van der Waals surface area contributed by atoms with E-state index in [-0.39, 0.29) is 30.4 Å². The molecule has 3 N–H and O–H groups in total. The second-order valence-electron chi connectivity index (χ2n) is 7.80. The van der Waals surface area contributed by atoms with Crippen molar-refractivity contribution < 1.29 is 35.9 Å². The highest BCUT2D eigenvalue weighted by Crippen LogP contribution is 2.45. The van der Waals surface area contributed by atoms with Gasteiger partial charge in [-0.15, -0.1) is 10.2 Å². The molecule has 1 saturated heterocycles. The number of alkyl halides is 6. The summed E-state index contributed by atoms with van der Waals surface area (Å²) in [6.07, 6.45) is -8.82. The molecular formula is C18H19F6N5O2. The number of pyridine rings is 1. The van der Waals surface area contributed by atoms with Gasteiger partial charge in [0.2, 0.25) is 5.60 Å². The van der Waals surface area contributed by atoms with E-state index in [1.807, 2.05) is 0 Å². The van der Waals surface area contributed by atoms with Gasteiger partial charge in [-0.25, -0.2) is 4.98 Å². The fraction of sp³-hybridized carbons (Fsp3) is 0.611. The molecule has 0 aliphatic carbocycles. The van der Waals surface area contributed by atoms with Gasteiger partial charge in [0.25, 0.3) is 11.8 Å². The van der Waals surface area contributed by atoms with Gasteiger partial charge < -0.3 is 20.2 Å². The van der Waals surface area contributed by atoms with Crippen molar-refractivity contribution in [3.63, 3.8) is 0 Å². The van der Waals surface area contributed by atoms with Crippen LogP contribution in [-0.2, 0) is 11.8 Å². The van der Waals surface area contributed by atoms with E-state index in [1.165, 1.54) is 4.90 Å². The third-order valence-corrected chi connectivity index (χ3v) is 5.76. The predicted octanol–water partition coefficient (Wildman–Crippen LogP) is 4.03. The van der Waals surface area contributed by atoms with Crippen LogP contribution in [0.1, 0.15) is 50.0 Å². The van der Waals surface area contributed by atoms with E-state index in [4.69, 9.17) is 10.2 Å². The lowest BCUT2D eigenvalue weighted by Gasteiger charge is -2.29. The van der Waals surface area contributed by atoms with E-state index in [1.54, 1.807) is 0 Å². The number of halogens is 6. The number of nitrogens with zero attached hydrogens (tertiary/aromatic N) is 4. The van der Waals surface area contributed by atoms with Gasteiger partial charge in [-0.1, -0.05) is 6.42 Å². The van der Waals surface area contributed by atoms with Gasteiger partial charge in [0.1, 0.15) is 11.4 Å². The third kappa shape index (κ3) is 3.68. The molecule has 4 rings (SSSR count). The van der Waals surface area contributed by atoms with Crippen molar-refractivity contribution in [1.29, 1.82) is 0 Å². The monoisotopic (exact) mass is 451 g/mol. The zero-order valence-electron chi connectivity index (χ0n) is 16.1. The molecule has 2 aromatic rings. The van der Waals surface area contributed by atoms with Crippen molar-refractivity contribution in [2.75, 3.05) is 17.2 Å². The Morgan fingerprint density at radius 3 is 2.48 bits per heavy atom. The number of hydrogen-bond donors (Lipinski definition) is 2. The topological polar surface area (TPSA) is 101 Å². The Hall–Kier alpha value is -2.57. The Morgan fingerprint density at radius 1 is 1.10 bits per heavy atom. The van der Waals surface area contributed by atoms with Crippen molar-refractivity contribution in [3.05, 3.63) is 17.5 Å². The van der Waals surface area contributed by atoms with Gasteiger partial charge >= 0.3 is 12.4 Å². The normalized spacial score (nSPS) is 24.9. The number of hydrogen-bond acceptors (Lipinski definition) is 7. The number of nitrogen functional groups attached to an aromatic ring is 1. The molecule has 2 atom stereocenters. The minimum atomic E-state index is -5.10. The second-order valence-corrected chi connectivity index (χ2v) is 7.80. The molecule has 170 valence electrons. The maximum Gasteiger partial charge on any atom is 0.426 e. The van der Waals surface area contributed by atoms with Crippen LogP contribution in [0, 0.1) is 0 Å². The van der Waals surface area contributed by atoms with Gasteiger partial charge in [-0.3, -0.25) is 0 Å². The first-order valence-electron chi connectivity index (χ1n) is 9.69. The van der Waals surface area contributed by atoms with Crippen molar-refractivity contribution in [1.82, 2.24) is 15.2 Å². The SMILES string of the molecule is Nc1cc(C(F)(F)F)c2nc1-c1nnc(o1)C(O)(C(F)(F)F)CCCCC1CCCN21. The molecule has 2 aromatic heterocycles. The molecule has 2 unspecified atom stereocenters. The van der Waals surface area contributed by atoms with E-state index in [0.717, 1.165) is 0 Å². The van der Waals surface area contributed by atoms with Gasteiger partial charge in [0, 0.05) is 12.6 Å². The molecule has 0 saturated carbocycles. The summed E-state index contributed by atoms with van der Waals surface area (Å²) in [6.45, 7) is 0.311. The summed E-state index contributed by atoms with van der Waals surface area (Å²) in [5, 5.41) is 17.2. The molecule has 1 fully saturated rings. The molecule has 31 heavy (non-hydrogen) atoms. The Morgan fingerprint density at radius 2 is 1.81 bits per heavy atom. The minimum Gasteiger partial charge on any atom is -0.416 e. The Balaban J connectivity index is 1.91. The Labute approximate surface area is 172 Å². The smallest absolute Gasteiger partial charge is 0.416 e. The van der Waals surface area contributed by atoms with Crippen molar-refractivity contribution in [2.24, 2.45) is 0 Å². The highest BCUT2D eigenvalue weighted by Gasteiger charge is 2.58. The summed E-state index contributed by atoms with van der Waals surface area (Å²) < 4.78 is 87.1. The Bertz CT molecular complexity index is 975. The summed E-state index contributed by atoms with van der Waals surface area (Å²) in [7, 11) is 0. The molecule has 0 radical (unpaired) electrons. The van der Waals surface area contributed by atoms with Crippen LogP contribution < -0.4 is 10.6 Å². The summed E-state index contributed by atoms with van der Waals surface area (Å²) in [6, 6.07) is 0.342. The molecular weight excluding hydrogens is 432 g/mol. The van der Waals surface area contributed by atoms with E-state index in [9.17, 15) is 31.4 Å². The highest BCUT2D eigenvalue weighted by atomic mass is 19.4. The average molecular weight is 451 g/mol. The molecule has 13 heteroatoms. The maximum absolute atomic E-state index is 13.7. The summed E-state index contributed by atoms with van der Waals surface area (Å²) in [5.74, 6) is -2.07. The van der Waals surface area contributed by atoms with Crippen LogP contribution in [-0.4, -0.2) is 39.1 Å². The average Bonchev–Trinajstić information content (AvgIpc) is 3.32. The molecule has 0 amide bonds. The van der Waals surface area contributed by atoms with Crippen molar-refractivity contribution in [3.8, 4) is 11.6 Å². The molecule has 2 aliphatic heterocycles. The van der Waals surface area contributed by atoms with Crippen molar-refractivity contribution >= 4 is 11.5 Å². The number of anilines is 2.